The highest BCUT2D eigenvalue weighted by molar-refractivity contribution is 7.81. The maximum absolute atomic E-state index is 12.3. The van der Waals surface area contributed by atoms with Crippen molar-refractivity contribution in [2.24, 2.45) is 0 Å². The summed E-state index contributed by atoms with van der Waals surface area (Å²) in [7, 11) is -5.03. The Kier molecular flexibility index (Phi) is 4.35. The SMILES string of the molecule is O=C(Cc1ccsc1)Nc1ccc(OS(=O)(=O)F)cc1. The summed E-state index contributed by atoms with van der Waals surface area (Å²) in [6.45, 7) is 0. The zero-order valence-electron chi connectivity index (χ0n) is 10.1. The molecule has 5 nitrogen and oxygen atoms in total. The predicted octanol–water partition coefficient (Wildman–Crippen LogP) is 2.52. The molecule has 0 bridgehead atoms. The van der Waals surface area contributed by atoms with Gasteiger partial charge in [0.05, 0.1) is 6.42 Å². The first-order valence-corrected chi connectivity index (χ1v) is 7.72. The lowest BCUT2D eigenvalue weighted by Gasteiger charge is -2.05. The second-order valence-electron chi connectivity index (χ2n) is 3.86. The fourth-order valence-electron chi connectivity index (χ4n) is 1.49. The molecule has 1 N–H and O–H groups in total. The Morgan fingerprint density at radius 1 is 1.25 bits per heavy atom. The lowest BCUT2D eigenvalue weighted by Crippen LogP contribution is -2.13. The molecule has 0 fully saturated rings. The molecular weight excluding hydrogens is 305 g/mol. The second kappa shape index (κ2) is 6.02. The number of rotatable bonds is 5. The number of benzene rings is 1. The van der Waals surface area contributed by atoms with Gasteiger partial charge in [0.2, 0.25) is 5.91 Å². The topological polar surface area (TPSA) is 72.5 Å². The van der Waals surface area contributed by atoms with Gasteiger partial charge in [-0.25, -0.2) is 0 Å². The maximum atomic E-state index is 12.3. The molecule has 0 spiro atoms. The number of thiophene rings is 1. The monoisotopic (exact) mass is 315 g/mol. The highest BCUT2D eigenvalue weighted by Crippen LogP contribution is 2.18. The van der Waals surface area contributed by atoms with Crippen LogP contribution < -0.4 is 9.50 Å². The van der Waals surface area contributed by atoms with Crippen molar-refractivity contribution in [2.45, 2.75) is 6.42 Å². The number of hydrogen-bond acceptors (Lipinski definition) is 5. The Bertz CT molecular complexity index is 681. The summed E-state index contributed by atoms with van der Waals surface area (Å²) in [4.78, 5) is 11.7. The molecular formula is C12H10FNO4S2. The van der Waals surface area contributed by atoms with Crippen LogP contribution in [0.2, 0.25) is 0 Å². The third kappa shape index (κ3) is 4.63. The van der Waals surface area contributed by atoms with Crippen LogP contribution >= 0.6 is 11.3 Å². The lowest BCUT2D eigenvalue weighted by molar-refractivity contribution is -0.115. The molecule has 20 heavy (non-hydrogen) atoms. The first kappa shape index (κ1) is 14.5. The van der Waals surface area contributed by atoms with Crippen LogP contribution in [0.1, 0.15) is 5.56 Å². The molecule has 0 saturated carbocycles. The summed E-state index contributed by atoms with van der Waals surface area (Å²) in [5, 5.41) is 6.40. The van der Waals surface area contributed by atoms with E-state index in [0.29, 0.717) is 5.69 Å². The van der Waals surface area contributed by atoms with Gasteiger partial charge < -0.3 is 9.50 Å². The van der Waals surface area contributed by atoms with Crippen molar-refractivity contribution in [3.8, 4) is 5.75 Å². The van der Waals surface area contributed by atoms with Gasteiger partial charge in [-0.15, -0.1) is 0 Å². The number of amides is 1. The van der Waals surface area contributed by atoms with Crippen LogP contribution in [0.4, 0.5) is 9.57 Å². The van der Waals surface area contributed by atoms with Crippen molar-refractivity contribution in [1.82, 2.24) is 0 Å². The van der Waals surface area contributed by atoms with Crippen molar-refractivity contribution in [2.75, 3.05) is 5.32 Å². The Morgan fingerprint density at radius 3 is 2.50 bits per heavy atom. The third-order valence-corrected chi connectivity index (χ3v) is 3.40. The number of carbonyl (C=O) groups is 1. The molecule has 1 amide bonds. The molecule has 0 aliphatic rings. The number of hydrogen-bond donors (Lipinski definition) is 1. The molecule has 1 aromatic heterocycles. The summed E-state index contributed by atoms with van der Waals surface area (Å²) in [6.07, 6.45) is 0.251. The highest BCUT2D eigenvalue weighted by atomic mass is 32.3. The largest absolute Gasteiger partial charge is 0.488 e. The maximum Gasteiger partial charge on any atom is 0.488 e. The average Bonchev–Trinajstić information content (AvgIpc) is 2.82. The van der Waals surface area contributed by atoms with Gasteiger partial charge in [0.25, 0.3) is 0 Å². The molecule has 1 heterocycles. The van der Waals surface area contributed by atoms with E-state index in [-0.39, 0.29) is 18.1 Å². The number of carbonyl (C=O) groups excluding carboxylic acids is 1. The minimum absolute atomic E-state index is 0.164. The molecule has 8 heteroatoms. The number of halogens is 1. The molecule has 1 aromatic carbocycles. The van der Waals surface area contributed by atoms with E-state index in [1.165, 1.54) is 35.6 Å². The van der Waals surface area contributed by atoms with E-state index in [4.69, 9.17) is 0 Å². The van der Waals surface area contributed by atoms with Crippen LogP contribution in [-0.4, -0.2) is 14.3 Å². The molecule has 0 aliphatic heterocycles. The zero-order valence-corrected chi connectivity index (χ0v) is 11.7. The van der Waals surface area contributed by atoms with Gasteiger partial charge in [-0.3, -0.25) is 4.79 Å². The van der Waals surface area contributed by atoms with Gasteiger partial charge >= 0.3 is 10.5 Å². The Labute approximate surface area is 119 Å². The van der Waals surface area contributed by atoms with Crippen molar-refractivity contribution in [3.63, 3.8) is 0 Å². The molecule has 2 rings (SSSR count). The molecule has 2 aromatic rings. The fraction of sp³-hybridized carbons (Fsp3) is 0.0833. The van der Waals surface area contributed by atoms with E-state index >= 15 is 0 Å². The summed E-state index contributed by atoms with van der Waals surface area (Å²) in [5.74, 6) is -0.362. The average molecular weight is 315 g/mol. The Balaban J connectivity index is 1.95. The lowest BCUT2D eigenvalue weighted by atomic mass is 10.2. The molecule has 0 saturated heterocycles. The summed E-state index contributed by atoms with van der Waals surface area (Å²) < 4.78 is 36.9. The Hall–Kier alpha value is -1.93. The minimum Gasteiger partial charge on any atom is -0.358 e. The van der Waals surface area contributed by atoms with E-state index in [1.54, 1.807) is 0 Å². The van der Waals surface area contributed by atoms with Gasteiger partial charge in [0.15, 0.2) is 0 Å². The number of anilines is 1. The fourth-order valence-corrected chi connectivity index (χ4v) is 2.50. The van der Waals surface area contributed by atoms with E-state index in [0.717, 1.165) is 5.56 Å². The van der Waals surface area contributed by atoms with Gasteiger partial charge in [0.1, 0.15) is 5.75 Å². The van der Waals surface area contributed by atoms with Gasteiger partial charge in [0, 0.05) is 5.69 Å². The second-order valence-corrected chi connectivity index (χ2v) is 5.59. The Morgan fingerprint density at radius 2 is 1.95 bits per heavy atom. The highest BCUT2D eigenvalue weighted by Gasteiger charge is 2.09. The smallest absolute Gasteiger partial charge is 0.358 e. The first-order valence-electron chi connectivity index (χ1n) is 5.47. The van der Waals surface area contributed by atoms with Crippen LogP contribution in [0, 0.1) is 0 Å². The van der Waals surface area contributed by atoms with E-state index in [1.807, 2.05) is 16.8 Å². The van der Waals surface area contributed by atoms with Crippen molar-refractivity contribution in [3.05, 3.63) is 46.7 Å². The first-order chi connectivity index (χ1) is 9.42. The van der Waals surface area contributed by atoms with Crippen LogP contribution in [0.5, 0.6) is 5.75 Å². The van der Waals surface area contributed by atoms with E-state index < -0.39 is 10.5 Å². The molecule has 0 atom stereocenters. The molecule has 0 aliphatic carbocycles. The predicted molar refractivity (Wildman–Crippen MR) is 73.8 cm³/mol. The van der Waals surface area contributed by atoms with Gasteiger partial charge in [-0.1, -0.05) is 3.89 Å². The number of nitrogens with one attached hydrogen (secondary N) is 1. The van der Waals surface area contributed by atoms with E-state index in [2.05, 4.69) is 9.50 Å². The van der Waals surface area contributed by atoms with Crippen molar-refractivity contribution < 1.29 is 21.3 Å². The zero-order chi connectivity index (χ0) is 14.6. The van der Waals surface area contributed by atoms with Crippen LogP contribution in [0.3, 0.4) is 0 Å². The molecule has 0 radical (unpaired) electrons. The van der Waals surface area contributed by atoms with Crippen LogP contribution in [0.25, 0.3) is 0 Å². The van der Waals surface area contributed by atoms with E-state index in [9.17, 15) is 17.1 Å². The summed E-state index contributed by atoms with van der Waals surface area (Å²) in [6, 6.07) is 7.19. The van der Waals surface area contributed by atoms with Crippen molar-refractivity contribution in [1.29, 1.82) is 0 Å². The third-order valence-electron chi connectivity index (χ3n) is 2.28. The molecule has 0 unspecified atom stereocenters. The normalized spacial score (nSPS) is 11.1. The van der Waals surface area contributed by atoms with Gasteiger partial charge in [-0.05, 0) is 46.7 Å². The minimum atomic E-state index is -5.03. The van der Waals surface area contributed by atoms with Crippen LogP contribution in [-0.2, 0) is 21.7 Å². The van der Waals surface area contributed by atoms with Crippen LogP contribution in [0.15, 0.2) is 41.1 Å². The molecule has 106 valence electrons. The summed E-state index contributed by atoms with van der Waals surface area (Å²) in [5.41, 5.74) is 1.38. The quantitative estimate of drug-likeness (QED) is 0.861. The standard InChI is InChI=1S/C12H10FNO4S2/c13-20(16,17)18-11-3-1-10(2-4-11)14-12(15)7-9-5-6-19-8-9/h1-6,8H,7H2,(H,14,15). The van der Waals surface area contributed by atoms with Crippen molar-refractivity contribution >= 4 is 33.4 Å². The van der Waals surface area contributed by atoms with Gasteiger partial charge in [-0.2, -0.15) is 19.8 Å². The summed E-state index contributed by atoms with van der Waals surface area (Å²) >= 11 is 1.51.